The summed E-state index contributed by atoms with van der Waals surface area (Å²) in [5.74, 6) is 1.22. The Hall–Kier alpha value is -3.67. The van der Waals surface area contributed by atoms with Crippen LogP contribution >= 0.6 is 11.6 Å². The van der Waals surface area contributed by atoms with Gasteiger partial charge in [0.2, 0.25) is 11.8 Å². The zero-order valence-electron chi connectivity index (χ0n) is 19.9. The van der Waals surface area contributed by atoms with Gasteiger partial charge in [-0.25, -0.2) is 19.8 Å². The topological polar surface area (TPSA) is 63.2 Å². The molecule has 0 bridgehead atoms. The average Bonchev–Trinajstić information content (AvgIpc) is 3.37. The van der Waals surface area contributed by atoms with E-state index in [9.17, 15) is 0 Å². The molecule has 0 radical (unpaired) electrons. The lowest BCUT2D eigenvalue weighted by Crippen LogP contribution is -2.43. The van der Waals surface area contributed by atoms with Gasteiger partial charge in [0.1, 0.15) is 10.7 Å². The van der Waals surface area contributed by atoms with Gasteiger partial charge in [0.15, 0.2) is 5.69 Å². The van der Waals surface area contributed by atoms with Crippen molar-refractivity contribution in [3.63, 3.8) is 0 Å². The summed E-state index contributed by atoms with van der Waals surface area (Å²) in [4.78, 5) is 22.5. The lowest BCUT2D eigenvalue weighted by Gasteiger charge is -2.36. The Kier molecular flexibility index (Phi) is 6.29. The number of ether oxygens (including phenoxy) is 1. The Morgan fingerprint density at radius 2 is 1.86 bits per heavy atom. The summed E-state index contributed by atoms with van der Waals surface area (Å²) in [6.07, 6.45) is 7.61. The van der Waals surface area contributed by atoms with E-state index in [1.54, 1.807) is 19.5 Å². The van der Waals surface area contributed by atoms with Crippen molar-refractivity contribution in [1.82, 2.24) is 24.3 Å². The molecular formula is C26H26ClN7O. The summed E-state index contributed by atoms with van der Waals surface area (Å²) < 4.78 is 7.30. The molecule has 0 unspecified atom stereocenters. The number of rotatable bonds is 5. The third-order valence-electron chi connectivity index (χ3n) is 6.57. The van der Waals surface area contributed by atoms with E-state index in [1.807, 2.05) is 40.9 Å². The highest BCUT2D eigenvalue weighted by molar-refractivity contribution is 6.32. The molecule has 0 saturated carbocycles. The highest BCUT2D eigenvalue weighted by atomic mass is 35.5. The normalized spacial score (nSPS) is 14.5. The van der Waals surface area contributed by atoms with Crippen LogP contribution < -0.4 is 9.64 Å². The number of hydrogen-bond donors (Lipinski definition) is 0. The standard InChI is InChI=1S/C26H26ClN7O/c1-28-19-7-5-17(6-8-19)23-22(18-15-21(27)25(35-4)30-16-18)24-29-11-14-34(24)26(31-23)33-12-9-20(10-13-33)32(2)3/h5-8,11,14-16,20H,9-10,12-13H2,2-4H3. The number of imidazole rings is 1. The van der Waals surface area contributed by atoms with Crippen molar-refractivity contribution in [1.29, 1.82) is 0 Å². The number of methoxy groups -OCH3 is 1. The first-order valence-electron chi connectivity index (χ1n) is 11.5. The van der Waals surface area contributed by atoms with E-state index in [-0.39, 0.29) is 0 Å². The Bertz CT molecular complexity index is 1400. The van der Waals surface area contributed by atoms with Gasteiger partial charge in [0.25, 0.3) is 0 Å². The highest BCUT2D eigenvalue weighted by Crippen LogP contribution is 2.38. The predicted octanol–water partition coefficient (Wildman–Crippen LogP) is 5.20. The molecule has 8 nitrogen and oxygen atoms in total. The van der Waals surface area contributed by atoms with Crippen LogP contribution in [-0.4, -0.2) is 64.6 Å². The van der Waals surface area contributed by atoms with Gasteiger partial charge in [-0.2, -0.15) is 0 Å². The molecule has 4 aromatic rings. The maximum absolute atomic E-state index is 7.31. The van der Waals surface area contributed by atoms with Crippen LogP contribution in [0.1, 0.15) is 12.8 Å². The monoisotopic (exact) mass is 487 g/mol. The molecule has 5 rings (SSSR count). The van der Waals surface area contributed by atoms with Gasteiger partial charge >= 0.3 is 0 Å². The van der Waals surface area contributed by atoms with Crippen LogP contribution in [0.3, 0.4) is 0 Å². The van der Waals surface area contributed by atoms with Crippen LogP contribution in [0.25, 0.3) is 32.9 Å². The number of benzene rings is 1. The molecule has 3 aromatic heterocycles. The van der Waals surface area contributed by atoms with Crippen molar-refractivity contribution in [3.05, 3.63) is 65.4 Å². The number of aromatic nitrogens is 4. The van der Waals surface area contributed by atoms with Crippen LogP contribution in [0.4, 0.5) is 11.6 Å². The minimum absolute atomic E-state index is 0.367. The molecule has 1 aliphatic rings. The molecule has 35 heavy (non-hydrogen) atoms. The number of pyridine rings is 1. The fourth-order valence-electron chi connectivity index (χ4n) is 4.65. The van der Waals surface area contributed by atoms with E-state index in [0.717, 1.165) is 59.9 Å². The second-order valence-corrected chi connectivity index (χ2v) is 9.22. The van der Waals surface area contributed by atoms with Gasteiger partial charge in [-0.15, -0.1) is 0 Å². The maximum Gasteiger partial charge on any atom is 0.232 e. The van der Waals surface area contributed by atoms with Crippen LogP contribution in [0.2, 0.25) is 5.02 Å². The van der Waals surface area contributed by atoms with Gasteiger partial charge in [-0.1, -0.05) is 35.9 Å². The van der Waals surface area contributed by atoms with E-state index in [4.69, 9.17) is 32.9 Å². The summed E-state index contributed by atoms with van der Waals surface area (Å²) in [7, 11) is 5.82. The molecule has 0 N–H and O–H groups in total. The molecule has 0 spiro atoms. The van der Waals surface area contributed by atoms with Crippen LogP contribution in [-0.2, 0) is 0 Å². The minimum atomic E-state index is 0.367. The maximum atomic E-state index is 7.31. The van der Waals surface area contributed by atoms with Crippen molar-refractivity contribution < 1.29 is 4.74 Å². The molecule has 4 heterocycles. The van der Waals surface area contributed by atoms with Gasteiger partial charge in [-0.05, 0) is 38.6 Å². The van der Waals surface area contributed by atoms with Crippen LogP contribution in [0.5, 0.6) is 5.88 Å². The van der Waals surface area contributed by atoms with Crippen molar-refractivity contribution in [3.8, 4) is 28.3 Å². The molecule has 9 heteroatoms. The number of fused-ring (bicyclic) bond motifs is 1. The van der Waals surface area contributed by atoms with Crippen LogP contribution in [0.15, 0.2) is 48.9 Å². The zero-order chi connectivity index (χ0) is 24.5. The molecule has 1 aromatic carbocycles. The first kappa shape index (κ1) is 23.1. The molecule has 0 aliphatic carbocycles. The quantitative estimate of drug-likeness (QED) is 0.360. The van der Waals surface area contributed by atoms with E-state index < -0.39 is 0 Å². The summed E-state index contributed by atoms with van der Waals surface area (Å²) in [5, 5.41) is 0.416. The number of hydrogen-bond acceptors (Lipinski definition) is 6. The third kappa shape index (κ3) is 4.29. The van der Waals surface area contributed by atoms with Gasteiger partial charge in [0.05, 0.1) is 24.9 Å². The molecule has 1 saturated heterocycles. The summed E-state index contributed by atoms with van der Waals surface area (Å²) >= 11 is 6.45. The Labute approximate surface area is 209 Å². The smallest absolute Gasteiger partial charge is 0.232 e. The minimum Gasteiger partial charge on any atom is -0.480 e. The zero-order valence-corrected chi connectivity index (χ0v) is 20.7. The Balaban J connectivity index is 1.70. The number of nitrogens with zero attached hydrogens (tertiary/aromatic N) is 7. The van der Waals surface area contributed by atoms with Crippen molar-refractivity contribution in [2.75, 3.05) is 39.2 Å². The summed E-state index contributed by atoms with van der Waals surface area (Å²) in [6.45, 7) is 9.13. The first-order valence-corrected chi connectivity index (χ1v) is 11.8. The number of anilines is 1. The Morgan fingerprint density at radius 1 is 1.11 bits per heavy atom. The van der Waals surface area contributed by atoms with E-state index in [1.165, 1.54) is 0 Å². The Morgan fingerprint density at radius 3 is 2.49 bits per heavy atom. The second-order valence-electron chi connectivity index (χ2n) is 8.81. The third-order valence-corrected chi connectivity index (χ3v) is 6.84. The molecule has 178 valence electrons. The first-order chi connectivity index (χ1) is 17.0. The van der Waals surface area contributed by atoms with Gasteiger partial charge < -0.3 is 14.5 Å². The van der Waals surface area contributed by atoms with Crippen molar-refractivity contribution in [2.24, 2.45) is 0 Å². The lowest BCUT2D eigenvalue weighted by molar-refractivity contribution is 0.249. The number of piperidine rings is 1. The lowest BCUT2D eigenvalue weighted by atomic mass is 10.0. The molecular weight excluding hydrogens is 462 g/mol. The summed E-state index contributed by atoms with van der Waals surface area (Å²) in [5.41, 5.74) is 4.65. The summed E-state index contributed by atoms with van der Waals surface area (Å²) in [6, 6.07) is 9.88. The molecule has 0 amide bonds. The second kappa shape index (κ2) is 9.53. The van der Waals surface area contributed by atoms with Gasteiger partial charge in [0, 0.05) is 43.3 Å². The fraction of sp³-hybridized carbons (Fsp3) is 0.308. The molecule has 1 fully saturated rings. The van der Waals surface area contributed by atoms with Gasteiger partial charge in [-0.3, -0.25) is 4.40 Å². The van der Waals surface area contributed by atoms with Crippen molar-refractivity contribution >= 4 is 28.9 Å². The predicted molar refractivity (Wildman–Crippen MR) is 138 cm³/mol. The van der Waals surface area contributed by atoms with E-state index in [0.29, 0.717) is 22.6 Å². The molecule has 0 atom stereocenters. The SMILES string of the molecule is [C-]#[N+]c1ccc(-c2nc(N3CCC(N(C)C)CC3)n3ccnc3c2-c2cnc(OC)c(Cl)c2)cc1. The fourth-order valence-corrected chi connectivity index (χ4v) is 4.90. The number of halogens is 1. The van der Waals surface area contributed by atoms with Crippen molar-refractivity contribution in [2.45, 2.75) is 18.9 Å². The van der Waals surface area contributed by atoms with E-state index >= 15 is 0 Å². The molecule has 1 aliphatic heterocycles. The van der Waals surface area contributed by atoms with Crippen LogP contribution in [0, 0.1) is 6.57 Å². The average molecular weight is 488 g/mol. The largest absolute Gasteiger partial charge is 0.480 e. The van der Waals surface area contributed by atoms with E-state index in [2.05, 4.69) is 33.7 Å². The highest BCUT2D eigenvalue weighted by Gasteiger charge is 2.26.